The molecule has 1 amide bonds. The summed E-state index contributed by atoms with van der Waals surface area (Å²) in [4.78, 5) is 15.1. The van der Waals surface area contributed by atoms with Gasteiger partial charge in [0.05, 0.1) is 5.69 Å². The summed E-state index contributed by atoms with van der Waals surface area (Å²) in [7, 11) is 0. The highest BCUT2D eigenvalue weighted by atomic mass is 79.9. The number of benzene rings is 2. The SMILES string of the molecule is O=C(Nc1ccc(Br)cc1F)c1cc2cc(Cl)ccc2[nH]1. The van der Waals surface area contributed by atoms with E-state index in [1.54, 1.807) is 30.3 Å². The topological polar surface area (TPSA) is 44.9 Å². The van der Waals surface area contributed by atoms with Crippen LogP contribution in [-0.4, -0.2) is 10.9 Å². The largest absolute Gasteiger partial charge is 0.351 e. The molecule has 0 spiro atoms. The van der Waals surface area contributed by atoms with Gasteiger partial charge < -0.3 is 10.3 Å². The maximum absolute atomic E-state index is 13.7. The lowest BCUT2D eigenvalue weighted by molar-refractivity contribution is 0.102. The molecule has 3 aromatic rings. The van der Waals surface area contributed by atoms with Gasteiger partial charge in [-0.25, -0.2) is 4.39 Å². The molecule has 21 heavy (non-hydrogen) atoms. The van der Waals surface area contributed by atoms with Gasteiger partial charge in [0.1, 0.15) is 11.5 Å². The summed E-state index contributed by atoms with van der Waals surface area (Å²) in [5, 5.41) is 3.94. The van der Waals surface area contributed by atoms with Crippen LogP contribution in [0, 0.1) is 5.82 Å². The smallest absolute Gasteiger partial charge is 0.272 e. The van der Waals surface area contributed by atoms with Gasteiger partial charge in [0.2, 0.25) is 0 Å². The average molecular weight is 368 g/mol. The van der Waals surface area contributed by atoms with Crippen LogP contribution in [0.4, 0.5) is 10.1 Å². The number of halogens is 3. The molecule has 0 aliphatic carbocycles. The number of H-pyrrole nitrogens is 1. The first-order valence-electron chi connectivity index (χ1n) is 6.07. The van der Waals surface area contributed by atoms with E-state index in [1.165, 1.54) is 12.1 Å². The summed E-state index contributed by atoms with van der Waals surface area (Å²) in [6.07, 6.45) is 0. The highest BCUT2D eigenvalue weighted by molar-refractivity contribution is 9.10. The van der Waals surface area contributed by atoms with Crippen molar-refractivity contribution in [2.24, 2.45) is 0 Å². The fraction of sp³-hybridized carbons (Fsp3) is 0. The number of hydrogen-bond donors (Lipinski definition) is 2. The van der Waals surface area contributed by atoms with Gasteiger partial charge in [-0.15, -0.1) is 0 Å². The summed E-state index contributed by atoms with van der Waals surface area (Å²) in [6, 6.07) is 11.4. The second-order valence-corrected chi connectivity index (χ2v) is 5.84. The molecule has 3 nitrogen and oxygen atoms in total. The Balaban J connectivity index is 1.89. The Labute approximate surface area is 133 Å². The van der Waals surface area contributed by atoms with Crippen molar-refractivity contribution < 1.29 is 9.18 Å². The minimum atomic E-state index is -0.503. The van der Waals surface area contributed by atoms with Gasteiger partial charge in [-0.05, 0) is 42.5 Å². The van der Waals surface area contributed by atoms with E-state index in [9.17, 15) is 9.18 Å². The predicted molar refractivity (Wildman–Crippen MR) is 85.4 cm³/mol. The van der Waals surface area contributed by atoms with Crippen molar-refractivity contribution in [2.75, 3.05) is 5.32 Å². The van der Waals surface area contributed by atoms with Crippen LogP contribution in [0.3, 0.4) is 0 Å². The number of carbonyl (C=O) groups is 1. The van der Waals surface area contributed by atoms with E-state index in [2.05, 4.69) is 26.2 Å². The van der Waals surface area contributed by atoms with Crippen LogP contribution >= 0.6 is 27.5 Å². The molecule has 0 bridgehead atoms. The van der Waals surface area contributed by atoms with Crippen LogP contribution in [0.25, 0.3) is 10.9 Å². The van der Waals surface area contributed by atoms with Crippen molar-refractivity contribution in [2.45, 2.75) is 0 Å². The highest BCUT2D eigenvalue weighted by Gasteiger charge is 2.12. The molecule has 6 heteroatoms. The Morgan fingerprint density at radius 3 is 2.76 bits per heavy atom. The van der Waals surface area contributed by atoms with Gasteiger partial charge in [-0.3, -0.25) is 4.79 Å². The first-order valence-corrected chi connectivity index (χ1v) is 7.25. The second-order valence-electron chi connectivity index (χ2n) is 4.49. The van der Waals surface area contributed by atoms with Crippen LogP contribution in [0.15, 0.2) is 46.9 Å². The molecular formula is C15H9BrClFN2O. The van der Waals surface area contributed by atoms with Crippen LogP contribution in [-0.2, 0) is 0 Å². The Bertz CT molecular complexity index is 847. The molecule has 1 aromatic heterocycles. The first kappa shape index (κ1) is 14.1. The first-order chi connectivity index (χ1) is 10.0. The maximum Gasteiger partial charge on any atom is 0.272 e. The molecule has 1 heterocycles. The van der Waals surface area contributed by atoms with E-state index in [0.717, 1.165) is 10.9 Å². The van der Waals surface area contributed by atoms with Gasteiger partial charge in [-0.2, -0.15) is 0 Å². The molecule has 2 aromatic carbocycles. The van der Waals surface area contributed by atoms with E-state index in [0.29, 0.717) is 15.2 Å². The third kappa shape index (κ3) is 2.94. The summed E-state index contributed by atoms with van der Waals surface area (Å²) in [5.74, 6) is -0.916. The van der Waals surface area contributed by atoms with Crippen molar-refractivity contribution in [3.63, 3.8) is 0 Å². The molecule has 0 aliphatic heterocycles. The monoisotopic (exact) mass is 366 g/mol. The number of fused-ring (bicyclic) bond motifs is 1. The van der Waals surface area contributed by atoms with Gasteiger partial charge in [0.15, 0.2) is 0 Å². The molecule has 0 saturated heterocycles. The fourth-order valence-corrected chi connectivity index (χ4v) is 2.52. The Kier molecular flexibility index (Phi) is 3.69. The van der Waals surface area contributed by atoms with Gasteiger partial charge in [-0.1, -0.05) is 27.5 Å². The summed E-state index contributed by atoms with van der Waals surface area (Å²) in [5.41, 5.74) is 1.26. The zero-order valence-corrected chi connectivity index (χ0v) is 12.9. The summed E-state index contributed by atoms with van der Waals surface area (Å²) < 4.78 is 14.3. The standard InChI is InChI=1S/C15H9BrClFN2O/c16-9-1-3-13(11(18)7-9)20-15(21)14-6-8-5-10(17)2-4-12(8)19-14/h1-7,19H,(H,20,21). The van der Waals surface area contributed by atoms with E-state index in [4.69, 9.17) is 11.6 Å². The van der Waals surface area contributed by atoms with E-state index in [1.807, 2.05) is 0 Å². The fourth-order valence-electron chi connectivity index (χ4n) is 2.01. The lowest BCUT2D eigenvalue weighted by atomic mass is 10.2. The molecule has 0 atom stereocenters. The number of amides is 1. The molecule has 106 valence electrons. The quantitative estimate of drug-likeness (QED) is 0.659. The van der Waals surface area contributed by atoms with Gasteiger partial charge >= 0.3 is 0 Å². The zero-order valence-electron chi connectivity index (χ0n) is 10.6. The normalized spacial score (nSPS) is 10.8. The average Bonchev–Trinajstić information content (AvgIpc) is 2.85. The number of nitrogens with one attached hydrogen (secondary N) is 2. The second kappa shape index (κ2) is 5.50. The highest BCUT2D eigenvalue weighted by Crippen LogP contribution is 2.22. The van der Waals surface area contributed by atoms with Crippen LogP contribution in [0.5, 0.6) is 0 Å². The Morgan fingerprint density at radius 2 is 2.00 bits per heavy atom. The number of anilines is 1. The van der Waals surface area contributed by atoms with Crippen LogP contribution in [0.2, 0.25) is 5.02 Å². The number of carbonyl (C=O) groups excluding carboxylic acids is 1. The number of rotatable bonds is 2. The molecule has 0 radical (unpaired) electrons. The Hall–Kier alpha value is -1.85. The minimum Gasteiger partial charge on any atom is -0.351 e. The third-order valence-corrected chi connectivity index (χ3v) is 3.74. The van der Waals surface area contributed by atoms with Crippen molar-refractivity contribution in [3.8, 4) is 0 Å². The third-order valence-electron chi connectivity index (χ3n) is 3.01. The number of aromatic nitrogens is 1. The maximum atomic E-state index is 13.7. The summed E-state index contributed by atoms with van der Waals surface area (Å²) >= 11 is 9.07. The molecule has 0 aliphatic rings. The lowest BCUT2D eigenvalue weighted by Crippen LogP contribution is -2.13. The van der Waals surface area contributed by atoms with Crippen molar-refractivity contribution in [1.29, 1.82) is 0 Å². The molecule has 2 N–H and O–H groups in total. The van der Waals surface area contributed by atoms with E-state index in [-0.39, 0.29) is 5.69 Å². The van der Waals surface area contributed by atoms with Gasteiger partial charge in [0.25, 0.3) is 5.91 Å². The van der Waals surface area contributed by atoms with Crippen molar-refractivity contribution in [3.05, 3.63) is 63.5 Å². The van der Waals surface area contributed by atoms with Crippen molar-refractivity contribution >= 4 is 50.0 Å². The molecule has 0 saturated carbocycles. The zero-order chi connectivity index (χ0) is 15.0. The van der Waals surface area contributed by atoms with E-state index >= 15 is 0 Å². The predicted octanol–water partition coefficient (Wildman–Crippen LogP) is 4.98. The van der Waals surface area contributed by atoms with Crippen molar-refractivity contribution in [1.82, 2.24) is 4.98 Å². The lowest BCUT2D eigenvalue weighted by Gasteiger charge is -2.05. The summed E-state index contributed by atoms with van der Waals surface area (Å²) in [6.45, 7) is 0. The van der Waals surface area contributed by atoms with Crippen LogP contribution < -0.4 is 5.32 Å². The minimum absolute atomic E-state index is 0.125. The van der Waals surface area contributed by atoms with Crippen LogP contribution in [0.1, 0.15) is 10.5 Å². The molecule has 3 rings (SSSR count). The number of hydrogen-bond acceptors (Lipinski definition) is 1. The van der Waals surface area contributed by atoms with Gasteiger partial charge in [0, 0.05) is 20.4 Å². The Morgan fingerprint density at radius 1 is 1.19 bits per heavy atom. The molecular weight excluding hydrogens is 359 g/mol. The molecule has 0 fully saturated rings. The molecule has 0 unspecified atom stereocenters. The van der Waals surface area contributed by atoms with E-state index < -0.39 is 11.7 Å². The number of aromatic amines is 1.